The van der Waals surface area contributed by atoms with Crippen molar-refractivity contribution < 1.29 is 4.39 Å². The van der Waals surface area contributed by atoms with Crippen LogP contribution in [0.4, 0.5) is 4.39 Å². The Bertz CT molecular complexity index is 294. The molecule has 13 heavy (non-hydrogen) atoms. The molecule has 0 aliphatic carbocycles. The second-order valence-corrected chi connectivity index (χ2v) is 2.84. The van der Waals surface area contributed by atoms with Gasteiger partial charge in [0.05, 0.1) is 0 Å². The van der Waals surface area contributed by atoms with Crippen molar-refractivity contribution in [1.82, 2.24) is 5.32 Å². The van der Waals surface area contributed by atoms with Crippen LogP contribution in [0.3, 0.4) is 0 Å². The zero-order valence-electron chi connectivity index (χ0n) is 7.81. The molecule has 1 aromatic rings. The summed E-state index contributed by atoms with van der Waals surface area (Å²) in [6, 6.07) is 5.01. The average molecular weight is 179 g/mol. The van der Waals surface area contributed by atoms with Crippen molar-refractivity contribution in [3.63, 3.8) is 0 Å². The molecule has 1 aromatic carbocycles. The molecule has 0 atom stereocenters. The van der Waals surface area contributed by atoms with Crippen LogP contribution in [0.15, 0.2) is 24.8 Å². The van der Waals surface area contributed by atoms with Crippen LogP contribution in [-0.2, 0) is 6.54 Å². The van der Waals surface area contributed by atoms with E-state index in [4.69, 9.17) is 0 Å². The van der Waals surface area contributed by atoms with Gasteiger partial charge in [-0.25, -0.2) is 4.39 Å². The largest absolute Gasteiger partial charge is 0.313 e. The van der Waals surface area contributed by atoms with Crippen molar-refractivity contribution in [1.29, 1.82) is 0 Å². The fourth-order valence-electron chi connectivity index (χ4n) is 1.12. The third kappa shape index (κ3) is 2.67. The van der Waals surface area contributed by atoms with E-state index >= 15 is 0 Å². The first kappa shape index (κ1) is 9.93. The summed E-state index contributed by atoms with van der Waals surface area (Å²) >= 11 is 0. The summed E-state index contributed by atoms with van der Waals surface area (Å²) < 4.78 is 13.2. The minimum absolute atomic E-state index is 0.161. The van der Waals surface area contributed by atoms with Crippen LogP contribution in [0.1, 0.15) is 18.1 Å². The Morgan fingerprint density at radius 3 is 2.92 bits per heavy atom. The average Bonchev–Trinajstić information content (AvgIpc) is 2.17. The highest BCUT2D eigenvalue weighted by atomic mass is 19.1. The molecule has 1 nitrogen and oxygen atoms in total. The van der Waals surface area contributed by atoms with Crippen LogP contribution in [0.2, 0.25) is 0 Å². The predicted molar refractivity (Wildman–Crippen MR) is 53.9 cm³/mol. The lowest BCUT2D eigenvalue weighted by molar-refractivity contribution is 0.593. The third-order valence-corrected chi connectivity index (χ3v) is 1.87. The molecule has 0 radical (unpaired) electrons. The quantitative estimate of drug-likeness (QED) is 0.749. The van der Waals surface area contributed by atoms with E-state index in [9.17, 15) is 4.39 Å². The van der Waals surface area contributed by atoms with Gasteiger partial charge in [-0.05, 0) is 24.2 Å². The first-order chi connectivity index (χ1) is 6.27. The first-order valence-electron chi connectivity index (χ1n) is 4.39. The number of rotatable bonds is 4. The lowest BCUT2D eigenvalue weighted by Gasteiger charge is -2.04. The van der Waals surface area contributed by atoms with Crippen LogP contribution in [0, 0.1) is 5.82 Å². The van der Waals surface area contributed by atoms with Crippen LogP contribution < -0.4 is 5.32 Å². The van der Waals surface area contributed by atoms with E-state index in [-0.39, 0.29) is 5.82 Å². The highest BCUT2D eigenvalue weighted by molar-refractivity contribution is 5.48. The number of halogens is 1. The van der Waals surface area contributed by atoms with Crippen molar-refractivity contribution in [3.05, 3.63) is 41.7 Å². The Hall–Kier alpha value is -1.15. The van der Waals surface area contributed by atoms with Crippen LogP contribution in [-0.4, -0.2) is 6.54 Å². The highest BCUT2D eigenvalue weighted by Crippen LogP contribution is 2.11. The number of hydrogen-bond donors (Lipinski definition) is 1. The SMILES string of the molecule is C=Cc1ccc(F)c(CNCC)c1. The molecule has 1 N–H and O–H groups in total. The standard InChI is InChI=1S/C11H14FN/c1-3-9-5-6-11(12)10(7-9)8-13-4-2/h3,5-7,13H,1,4,8H2,2H3. The zero-order chi connectivity index (χ0) is 9.68. The summed E-state index contributed by atoms with van der Waals surface area (Å²) in [4.78, 5) is 0. The monoisotopic (exact) mass is 179 g/mol. The molecule has 0 spiro atoms. The predicted octanol–water partition coefficient (Wildman–Crippen LogP) is 2.58. The van der Waals surface area contributed by atoms with E-state index in [1.165, 1.54) is 6.07 Å². The molecular weight excluding hydrogens is 165 g/mol. The summed E-state index contributed by atoms with van der Waals surface area (Å²) in [6.45, 7) is 7.05. The molecule has 0 heterocycles. The van der Waals surface area contributed by atoms with Gasteiger partial charge in [0.25, 0.3) is 0 Å². The summed E-state index contributed by atoms with van der Waals surface area (Å²) in [5.41, 5.74) is 1.65. The van der Waals surface area contributed by atoms with Gasteiger partial charge in [-0.3, -0.25) is 0 Å². The van der Waals surface area contributed by atoms with Gasteiger partial charge in [-0.2, -0.15) is 0 Å². The molecule has 70 valence electrons. The van der Waals surface area contributed by atoms with Crippen LogP contribution in [0.25, 0.3) is 6.08 Å². The second kappa shape index (κ2) is 4.77. The summed E-state index contributed by atoms with van der Waals surface area (Å²) in [6.07, 6.45) is 1.72. The maximum absolute atomic E-state index is 13.2. The van der Waals surface area contributed by atoms with Gasteiger partial charge < -0.3 is 5.32 Å². The molecule has 0 amide bonds. The van der Waals surface area contributed by atoms with Gasteiger partial charge in [-0.1, -0.05) is 25.6 Å². The van der Waals surface area contributed by atoms with Crippen molar-refractivity contribution >= 4 is 6.08 Å². The van der Waals surface area contributed by atoms with E-state index in [0.717, 1.165) is 12.1 Å². The summed E-state index contributed by atoms with van der Waals surface area (Å²) in [5.74, 6) is -0.161. The van der Waals surface area contributed by atoms with Gasteiger partial charge in [0.15, 0.2) is 0 Å². The van der Waals surface area contributed by atoms with E-state index in [2.05, 4.69) is 11.9 Å². The van der Waals surface area contributed by atoms with E-state index in [1.807, 2.05) is 13.0 Å². The lowest BCUT2D eigenvalue weighted by Crippen LogP contribution is -2.12. The third-order valence-electron chi connectivity index (χ3n) is 1.87. The molecular formula is C11H14FN. The number of hydrogen-bond acceptors (Lipinski definition) is 1. The Labute approximate surface area is 78.3 Å². The Balaban J connectivity index is 2.83. The van der Waals surface area contributed by atoms with Gasteiger partial charge >= 0.3 is 0 Å². The molecule has 0 aromatic heterocycles. The molecule has 2 heteroatoms. The smallest absolute Gasteiger partial charge is 0.127 e. The topological polar surface area (TPSA) is 12.0 Å². The van der Waals surface area contributed by atoms with Gasteiger partial charge in [0, 0.05) is 12.1 Å². The van der Waals surface area contributed by atoms with Crippen molar-refractivity contribution in [2.24, 2.45) is 0 Å². The number of nitrogens with one attached hydrogen (secondary N) is 1. The van der Waals surface area contributed by atoms with Crippen molar-refractivity contribution in [2.45, 2.75) is 13.5 Å². The Morgan fingerprint density at radius 1 is 1.54 bits per heavy atom. The number of benzene rings is 1. The molecule has 1 rings (SSSR count). The van der Waals surface area contributed by atoms with E-state index in [0.29, 0.717) is 12.1 Å². The molecule has 0 aliphatic rings. The summed E-state index contributed by atoms with van der Waals surface area (Å²) in [7, 11) is 0. The minimum Gasteiger partial charge on any atom is -0.313 e. The molecule has 0 saturated heterocycles. The molecule has 0 saturated carbocycles. The fraction of sp³-hybridized carbons (Fsp3) is 0.273. The normalized spacial score (nSPS) is 10.0. The Kier molecular flexibility index (Phi) is 3.65. The summed E-state index contributed by atoms with van der Waals surface area (Å²) in [5, 5.41) is 3.08. The molecule has 0 unspecified atom stereocenters. The van der Waals surface area contributed by atoms with Gasteiger partial charge in [-0.15, -0.1) is 0 Å². The first-order valence-corrected chi connectivity index (χ1v) is 4.39. The maximum Gasteiger partial charge on any atom is 0.127 e. The molecule has 0 aliphatic heterocycles. The van der Waals surface area contributed by atoms with Crippen LogP contribution in [0.5, 0.6) is 0 Å². The lowest BCUT2D eigenvalue weighted by atomic mass is 10.1. The highest BCUT2D eigenvalue weighted by Gasteiger charge is 2.00. The minimum atomic E-state index is -0.161. The van der Waals surface area contributed by atoms with E-state index in [1.54, 1.807) is 12.1 Å². The van der Waals surface area contributed by atoms with E-state index < -0.39 is 0 Å². The van der Waals surface area contributed by atoms with Crippen LogP contribution >= 0.6 is 0 Å². The van der Waals surface area contributed by atoms with Gasteiger partial charge in [0.2, 0.25) is 0 Å². The van der Waals surface area contributed by atoms with Crippen molar-refractivity contribution in [2.75, 3.05) is 6.54 Å². The maximum atomic E-state index is 13.2. The van der Waals surface area contributed by atoms with Crippen molar-refractivity contribution in [3.8, 4) is 0 Å². The van der Waals surface area contributed by atoms with Gasteiger partial charge in [0.1, 0.15) is 5.82 Å². The molecule has 0 bridgehead atoms. The Morgan fingerprint density at radius 2 is 2.31 bits per heavy atom. The molecule has 0 fully saturated rings. The zero-order valence-corrected chi connectivity index (χ0v) is 7.81. The second-order valence-electron chi connectivity index (χ2n) is 2.84. The fourth-order valence-corrected chi connectivity index (χ4v) is 1.12.